The summed E-state index contributed by atoms with van der Waals surface area (Å²) in [5.41, 5.74) is 13.9. The van der Waals surface area contributed by atoms with Crippen molar-refractivity contribution in [3.05, 3.63) is 23.8 Å². The summed E-state index contributed by atoms with van der Waals surface area (Å²) in [6.45, 7) is 0.536. The molecule has 0 aliphatic carbocycles. The van der Waals surface area contributed by atoms with Crippen molar-refractivity contribution in [3.8, 4) is 0 Å². The molecule has 0 aromatic heterocycles. The van der Waals surface area contributed by atoms with Gasteiger partial charge in [0.05, 0.1) is 11.4 Å². The number of nitrogens with two attached hydrogens (primary N) is 2. The van der Waals surface area contributed by atoms with Gasteiger partial charge in [-0.25, -0.2) is 0 Å². The Kier molecular flexibility index (Phi) is 6.73. The van der Waals surface area contributed by atoms with Crippen molar-refractivity contribution in [3.63, 3.8) is 0 Å². The first-order chi connectivity index (χ1) is 7.01. The third kappa shape index (κ3) is 6.09. The van der Waals surface area contributed by atoms with E-state index in [4.69, 9.17) is 25.8 Å². The van der Waals surface area contributed by atoms with E-state index < -0.39 is 8.25 Å². The molecule has 0 spiro atoms. The molecule has 1 aromatic carbocycles. The van der Waals surface area contributed by atoms with Gasteiger partial charge in [-0.2, -0.15) is 0 Å². The van der Waals surface area contributed by atoms with E-state index in [0.29, 0.717) is 6.54 Å². The third-order valence-electron chi connectivity index (χ3n) is 1.62. The minimum Gasteiger partial charge on any atom is -0.397 e. The second-order valence-corrected chi connectivity index (χ2v) is 3.22. The van der Waals surface area contributed by atoms with Crippen molar-refractivity contribution in [1.82, 2.24) is 0 Å². The van der Waals surface area contributed by atoms with Crippen molar-refractivity contribution in [2.24, 2.45) is 5.73 Å². The lowest BCUT2D eigenvalue weighted by atomic mass is 10.2. The van der Waals surface area contributed by atoms with E-state index in [1.165, 1.54) is 0 Å². The molecule has 0 atom stereocenters. The topological polar surface area (TPSA) is 122 Å². The van der Waals surface area contributed by atoms with Gasteiger partial charge in [-0.15, -0.1) is 0 Å². The summed E-state index contributed by atoms with van der Waals surface area (Å²) in [6.07, 6.45) is 0. The van der Waals surface area contributed by atoms with Crippen LogP contribution in [0.3, 0.4) is 0 Å². The van der Waals surface area contributed by atoms with Crippen LogP contribution in [0.15, 0.2) is 18.2 Å². The van der Waals surface area contributed by atoms with Gasteiger partial charge < -0.3 is 26.6 Å². The largest absolute Gasteiger partial charge is 0.397 e. The molecular formula is C8H16N3O3P. The van der Waals surface area contributed by atoms with Gasteiger partial charge in [-0.05, 0) is 17.7 Å². The number of hydrogen-bond donors (Lipinski definition) is 5. The zero-order valence-electron chi connectivity index (χ0n) is 8.40. The molecule has 7 N–H and O–H groups in total. The van der Waals surface area contributed by atoms with Crippen LogP contribution in [0.1, 0.15) is 5.56 Å². The highest BCUT2D eigenvalue weighted by Gasteiger charge is 1.96. The molecule has 0 fully saturated rings. The molecule has 0 saturated carbocycles. The molecule has 0 aliphatic heterocycles. The molecule has 0 bridgehead atoms. The Hall–Kier alpha value is -1.07. The molecule has 0 heterocycles. The lowest BCUT2D eigenvalue weighted by Crippen LogP contribution is -2.00. The molecule has 7 heteroatoms. The lowest BCUT2D eigenvalue weighted by molar-refractivity contribution is 0.405. The fraction of sp³-hybridized carbons (Fsp3) is 0.250. The van der Waals surface area contributed by atoms with Crippen LogP contribution in [0.25, 0.3) is 0 Å². The number of nitrogens with one attached hydrogen (secondary N) is 1. The summed E-state index contributed by atoms with van der Waals surface area (Å²) >= 11 is 0. The summed E-state index contributed by atoms with van der Waals surface area (Å²) in [5, 5.41) is 2.98. The first kappa shape index (κ1) is 13.9. The van der Waals surface area contributed by atoms with E-state index in [1.54, 1.807) is 0 Å². The number of rotatable bonds is 2. The summed E-state index contributed by atoms with van der Waals surface area (Å²) in [5.74, 6) is 0. The lowest BCUT2D eigenvalue weighted by Gasteiger charge is -2.05. The maximum absolute atomic E-state index is 8.74. The van der Waals surface area contributed by atoms with E-state index in [0.717, 1.165) is 16.9 Å². The van der Waals surface area contributed by atoms with Crippen LogP contribution in [0.2, 0.25) is 0 Å². The normalized spacial score (nSPS) is 9.40. The standard InChI is InChI=1S/C8H13N3.H3O3P/c1-11-8-3-2-6(5-9)4-7(8)10;1-4(2)3/h2-4,11H,5,9-10H2,1H3;4H,(H2,1,2,3). The molecule has 1 rings (SSSR count). The summed E-state index contributed by atoms with van der Waals surface area (Å²) in [6, 6.07) is 5.77. The third-order valence-corrected chi connectivity index (χ3v) is 1.62. The zero-order valence-corrected chi connectivity index (χ0v) is 9.40. The summed E-state index contributed by atoms with van der Waals surface area (Å²) in [4.78, 5) is 14.3. The Morgan fingerprint density at radius 1 is 1.47 bits per heavy atom. The van der Waals surface area contributed by atoms with E-state index in [-0.39, 0.29) is 0 Å². The van der Waals surface area contributed by atoms with Crippen LogP contribution < -0.4 is 16.8 Å². The van der Waals surface area contributed by atoms with Gasteiger partial charge in [0.25, 0.3) is 0 Å². The molecule has 86 valence electrons. The van der Waals surface area contributed by atoms with Gasteiger partial charge in [0, 0.05) is 13.6 Å². The van der Waals surface area contributed by atoms with Crippen molar-refractivity contribution in [2.45, 2.75) is 6.54 Å². The predicted octanol–water partition coefficient (Wildman–Crippen LogP) is 0.130. The maximum atomic E-state index is 8.74. The highest BCUT2D eigenvalue weighted by molar-refractivity contribution is 7.30. The maximum Gasteiger partial charge on any atom is 0.314 e. The van der Waals surface area contributed by atoms with Crippen molar-refractivity contribution in [2.75, 3.05) is 18.1 Å². The van der Waals surface area contributed by atoms with Crippen LogP contribution in [-0.4, -0.2) is 16.8 Å². The Balaban J connectivity index is 0.000000423. The first-order valence-corrected chi connectivity index (χ1v) is 5.49. The SMILES string of the molecule is CNc1ccc(CN)cc1N.O=[PH](O)O. The van der Waals surface area contributed by atoms with Gasteiger partial charge >= 0.3 is 8.25 Å². The van der Waals surface area contributed by atoms with Gasteiger partial charge in [0.2, 0.25) is 0 Å². The van der Waals surface area contributed by atoms with Crippen LogP contribution in [-0.2, 0) is 11.1 Å². The van der Waals surface area contributed by atoms with Crippen LogP contribution in [0, 0.1) is 0 Å². The Morgan fingerprint density at radius 3 is 2.33 bits per heavy atom. The fourth-order valence-electron chi connectivity index (χ4n) is 0.967. The van der Waals surface area contributed by atoms with Crippen LogP contribution >= 0.6 is 8.25 Å². The second kappa shape index (κ2) is 7.25. The molecule has 15 heavy (non-hydrogen) atoms. The molecule has 0 aliphatic rings. The van der Waals surface area contributed by atoms with E-state index in [2.05, 4.69) is 5.32 Å². The molecule has 0 amide bonds. The quantitative estimate of drug-likeness (QED) is 0.365. The summed E-state index contributed by atoms with van der Waals surface area (Å²) < 4.78 is 8.74. The van der Waals surface area contributed by atoms with Crippen LogP contribution in [0.5, 0.6) is 0 Å². The molecular weight excluding hydrogens is 217 g/mol. The van der Waals surface area contributed by atoms with E-state index in [9.17, 15) is 0 Å². The molecule has 0 saturated heterocycles. The number of hydrogen-bond acceptors (Lipinski definition) is 4. The monoisotopic (exact) mass is 233 g/mol. The Morgan fingerprint density at radius 2 is 2.00 bits per heavy atom. The minimum absolute atomic E-state index is 0.536. The molecule has 0 unspecified atom stereocenters. The van der Waals surface area contributed by atoms with Gasteiger partial charge in [0.1, 0.15) is 0 Å². The van der Waals surface area contributed by atoms with E-state index in [1.807, 2.05) is 25.2 Å². The van der Waals surface area contributed by atoms with Gasteiger partial charge in [-0.1, -0.05) is 6.07 Å². The highest BCUT2D eigenvalue weighted by atomic mass is 31.1. The number of anilines is 2. The van der Waals surface area contributed by atoms with Crippen molar-refractivity contribution >= 4 is 19.6 Å². The average Bonchev–Trinajstić information content (AvgIpc) is 2.16. The van der Waals surface area contributed by atoms with Gasteiger partial charge in [0.15, 0.2) is 0 Å². The smallest absolute Gasteiger partial charge is 0.314 e. The fourth-order valence-corrected chi connectivity index (χ4v) is 0.967. The van der Waals surface area contributed by atoms with Crippen molar-refractivity contribution in [1.29, 1.82) is 0 Å². The van der Waals surface area contributed by atoms with Gasteiger partial charge in [-0.3, -0.25) is 4.57 Å². The Labute approximate surface area is 88.9 Å². The van der Waals surface area contributed by atoms with E-state index >= 15 is 0 Å². The predicted molar refractivity (Wildman–Crippen MR) is 61.7 cm³/mol. The first-order valence-electron chi connectivity index (χ1n) is 4.19. The molecule has 6 nitrogen and oxygen atoms in total. The second-order valence-electron chi connectivity index (χ2n) is 2.66. The zero-order chi connectivity index (χ0) is 11.8. The van der Waals surface area contributed by atoms with Crippen molar-refractivity contribution < 1.29 is 14.4 Å². The number of nitrogen functional groups attached to an aromatic ring is 1. The summed E-state index contributed by atoms with van der Waals surface area (Å²) in [7, 11) is -1.29. The average molecular weight is 233 g/mol. The highest BCUT2D eigenvalue weighted by Crippen LogP contribution is 2.18. The van der Waals surface area contributed by atoms with Crippen LogP contribution in [0.4, 0.5) is 11.4 Å². The molecule has 0 radical (unpaired) electrons. The number of benzene rings is 1. The molecule has 1 aromatic rings. The minimum atomic E-state index is -3.13. The Bertz CT molecular complexity index is 329.